The van der Waals surface area contributed by atoms with Crippen molar-refractivity contribution in [3.8, 4) is 17.2 Å². The van der Waals surface area contributed by atoms with Crippen molar-refractivity contribution in [3.05, 3.63) is 87.4 Å². The number of nitrogens with zero attached hydrogens (tertiary/aromatic N) is 1. The summed E-state index contributed by atoms with van der Waals surface area (Å²) in [6, 6.07) is 15.9. The summed E-state index contributed by atoms with van der Waals surface area (Å²) in [4.78, 5) is 28.3. The van der Waals surface area contributed by atoms with E-state index in [0.717, 1.165) is 0 Å². The Morgan fingerprint density at radius 2 is 1.62 bits per heavy atom. The van der Waals surface area contributed by atoms with Crippen molar-refractivity contribution in [3.63, 3.8) is 0 Å². The number of methoxy groups -OCH3 is 1. The molecule has 37 heavy (non-hydrogen) atoms. The fraction of sp³-hybridized carbons (Fsp3) is 0.214. The topological polar surface area (TPSA) is 85.3 Å². The van der Waals surface area contributed by atoms with Gasteiger partial charge in [0.2, 0.25) is 0 Å². The summed E-state index contributed by atoms with van der Waals surface area (Å²) in [5.41, 5.74) is 0.987. The van der Waals surface area contributed by atoms with E-state index in [-0.39, 0.29) is 26.9 Å². The fourth-order valence-corrected chi connectivity index (χ4v) is 4.90. The Labute approximate surface area is 224 Å². The van der Waals surface area contributed by atoms with Gasteiger partial charge in [-0.3, -0.25) is 14.5 Å². The Morgan fingerprint density at radius 3 is 2.27 bits per heavy atom. The zero-order valence-corrected chi connectivity index (χ0v) is 22.0. The summed E-state index contributed by atoms with van der Waals surface area (Å²) in [6.45, 7) is 4.49. The smallest absolute Gasteiger partial charge is 0.300 e. The van der Waals surface area contributed by atoms with E-state index in [9.17, 15) is 14.7 Å². The molecule has 3 aromatic rings. The van der Waals surface area contributed by atoms with E-state index in [4.69, 9.17) is 37.4 Å². The molecule has 1 aliphatic rings. The molecule has 0 radical (unpaired) electrons. The Balaban J connectivity index is 1.96. The minimum Gasteiger partial charge on any atom is -0.507 e. The van der Waals surface area contributed by atoms with Crippen LogP contribution in [0.25, 0.3) is 5.76 Å². The fourth-order valence-electron chi connectivity index (χ4n) is 4.33. The third-order valence-corrected chi connectivity index (χ3v) is 6.33. The first-order valence-electron chi connectivity index (χ1n) is 11.6. The monoisotopic (exact) mass is 541 g/mol. The number of carbonyl (C=O) groups is 2. The van der Waals surface area contributed by atoms with Crippen LogP contribution in [0.4, 0.5) is 5.69 Å². The van der Waals surface area contributed by atoms with E-state index >= 15 is 0 Å². The zero-order chi connectivity index (χ0) is 26.7. The van der Waals surface area contributed by atoms with Crippen LogP contribution in [0.1, 0.15) is 31.0 Å². The van der Waals surface area contributed by atoms with Crippen molar-refractivity contribution < 1.29 is 28.9 Å². The van der Waals surface area contributed by atoms with E-state index in [0.29, 0.717) is 36.0 Å². The SMILES string of the molecule is CCOc1ccc(N2C(=O)C(=O)/C(=C(/O)c3cc(Cl)cc(Cl)c3OC)C2c2ccccc2)cc1OCC. The number of ether oxygens (including phenoxy) is 3. The minimum absolute atomic E-state index is 0.0978. The van der Waals surface area contributed by atoms with Crippen LogP contribution in [-0.4, -0.2) is 37.1 Å². The molecule has 0 spiro atoms. The number of hydrogen-bond donors (Lipinski definition) is 1. The van der Waals surface area contributed by atoms with Gasteiger partial charge in [0.25, 0.3) is 11.7 Å². The molecule has 1 heterocycles. The predicted molar refractivity (Wildman–Crippen MR) is 143 cm³/mol. The van der Waals surface area contributed by atoms with Gasteiger partial charge < -0.3 is 19.3 Å². The maximum absolute atomic E-state index is 13.5. The molecule has 1 N–H and O–H groups in total. The molecular weight excluding hydrogens is 517 g/mol. The first kappa shape index (κ1) is 26.4. The summed E-state index contributed by atoms with van der Waals surface area (Å²) in [5, 5.41) is 11.8. The lowest BCUT2D eigenvalue weighted by Gasteiger charge is -2.26. The molecule has 9 heteroatoms. The third-order valence-electron chi connectivity index (χ3n) is 5.83. The number of hydrogen-bond acceptors (Lipinski definition) is 6. The largest absolute Gasteiger partial charge is 0.507 e. The molecule has 3 aromatic carbocycles. The van der Waals surface area contributed by atoms with Crippen LogP contribution in [0, 0.1) is 0 Å². The van der Waals surface area contributed by atoms with Gasteiger partial charge in [0.05, 0.1) is 42.5 Å². The molecule has 1 unspecified atom stereocenters. The lowest BCUT2D eigenvalue weighted by atomic mass is 9.95. The summed E-state index contributed by atoms with van der Waals surface area (Å²) < 4.78 is 16.8. The number of carbonyl (C=O) groups excluding carboxylic acids is 2. The molecule has 1 atom stereocenters. The number of Topliss-reactive ketones (excluding diaryl/α,β-unsaturated/α-hetero) is 1. The molecule has 1 aliphatic heterocycles. The molecule has 1 amide bonds. The Morgan fingerprint density at radius 1 is 0.946 bits per heavy atom. The minimum atomic E-state index is -0.948. The van der Waals surface area contributed by atoms with Crippen molar-refractivity contribution >= 4 is 46.3 Å². The van der Waals surface area contributed by atoms with Crippen LogP contribution < -0.4 is 19.1 Å². The third kappa shape index (κ3) is 4.97. The van der Waals surface area contributed by atoms with Gasteiger partial charge >= 0.3 is 0 Å². The molecule has 7 nitrogen and oxygen atoms in total. The van der Waals surface area contributed by atoms with Gasteiger partial charge in [-0.1, -0.05) is 53.5 Å². The highest BCUT2D eigenvalue weighted by Gasteiger charge is 2.47. The maximum Gasteiger partial charge on any atom is 0.300 e. The lowest BCUT2D eigenvalue weighted by Crippen LogP contribution is -2.29. The van der Waals surface area contributed by atoms with Crippen molar-refractivity contribution in [2.45, 2.75) is 19.9 Å². The van der Waals surface area contributed by atoms with Crippen molar-refractivity contribution in [2.75, 3.05) is 25.2 Å². The standard InChI is InChI=1S/C28H25Cl2NO6/c1-4-36-21-12-11-18(15-22(21)37-5-2)31-24(16-9-7-6-8-10-16)23(26(33)28(31)34)25(32)19-13-17(29)14-20(30)27(19)35-3/h6-15,24,32H,4-5H2,1-3H3/b25-23+. The molecule has 192 valence electrons. The van der Waals surface area contributed by atoms with Gasteiger partial charge in [0.1, 0.15) is 11.5 Å². The second-order valence-electron chi connectivity index (χ2n) is 8.05. The van der Waals surface area contributed by atoms with Gasteiger partial charge in [-0.15, -0.1) is 0 Å². The number of ketones is 1. The van der Waals surface area contributed by atoms with Gasteiger partial charge in [-0.25, -0.2) is 0 Å². The second kappa shape index (κ2) is 11.2. The van der Waals surface area contributed by atoms with Crippen LogP contribution in [0.5, 0.6) is 17.2 Å². The number of halogens is 2. The highest BCUT2D eigenvalue weighted by atomic mass is 35.5. The van der Waals surface area contributed by atoms with Crippen molar-refractivity contribution in [1.29, 1.82) is 0 Å². The molecule has 0 aliphatic carbocycles. The highest BCUT2D eigenvalue weighted by molar-refractivity contribution is 6.52. The Bertz CT molecular complexity index is 1370. The van der Waals surface area contributed by atoms with Gasteiger partial charge in [-0.2, -0.15) is 0 Å². The van der Waals surface area contributed by atoms with Crippen LogP contribution in [0.2, 0.25) is 10.0 Å². The molecular formula is C28H25Cl2NO6. The number of anilines is 1. The van der Waals surface area contributed by atoms with Crippen molar-refractivity contribution in [2.24, 2.45) is 0 Å². The molecule has 1 saturated heterocycles. The average molecular weight is 542 g/mol. The number of amides is 1. The van der Waals surface area contributed by atoms with Crippen LogP contribution in [0.15, 0.2) is 66.2 Å². The molecule has 4 rings (SSSR count). The molecule has 1 fully saturated rings. The Kier molecular flexibility index (Phi) is 7.95. The maximum atomic E-state index is 13.5. The van der Waals surface area contributed by atoms with E-state index in [2.05, 4.69) is 0 Å². The van der Waals surface area contributed by atoms with Gasteiger partial charge in [0.15, 0.2) is 11.5 Å². The van der Waals surface area contributed by atoms with Crippen LogP contribution in [-0.2, 0) is 9.59 Å². The summed E-state index contributed by atoms with van der Waals surface area (Å²) in [7, 11) is 1.38. The van der Waals surface area contributed by atoms with Crippen LogP contribution in [0.3, 0.4) is 0 Å². The summed E-state index contributed by atoms with van der Waals surface area (Å²) >= 11 is 12.5. The van der Waals surface area contributed by atoms with Gasteiger partial charge in [-0.05, 0) is 43.7 Å². The Hall–Kier alpha value is -3.68. The highest BCUT2D eigenvalue weighted by Crippen LogP contribution is 2.46. The lowest BCUT2D eigenvalue weighted by molar-refractivity contribution is -0.132. The van der Waals surface area contributed by atoms with E-state index in [1.165, 1.54) is 24.1 Å². The number of aliphatic hydroxyl groups is 1. The second-order valence-corrected chi connectivity index (χ2v) is 8.89. The normalized spacial score (nSPS) is 16.7. The first-order chi connectivity index (χ1) is 17.8. The molecule has 0 aromatic heterocycles. The van der Waals surface area contributed by atoms with E-state index in [1.807, 2.05) is 19.9 Å². The summed E-state index contributed by atoms with van der Waals surface area (Å²) in [5.74, 6) is -1.06. The quantitative estimate of drug-likeness (QED) is 0.201. The average Bonchev–Trinajstić information content (AvgIpc) is 3.15. The predicted octanol–water partition coefficient (Wildman–Crippen LogP) is 6.43. The number of benzene rings is 3. The van der Waals surface area contributed by atoms with Crippen LogP contribution >= 0.6 is 23.2 Å². The van der Waals surface area contributed by atoms with Gasteiger partial charge in [0, 0.05) is 16.8 Å². The number of rotatable bonds is 8. The molecule has 0 bridgehead atoms. The molecule has 0 saturated carbocycles. The van der Waals surface area contributed by atoms with E-state index in [1.54, 1.807) is 42.5 Å². The zero-order valence-electron chi connectivity index (χ0n) is 20.5. The van der Waals surface area contributed by atoms with E-state index < -0.39 is 23.5 Å². The van der Waals surface area contributed by atoms with Crippen molar-refractivity contribution in [1.82, 2.24) is 0 Å². The number of aliphatic hydroxyl groups excluding tert-OH is 1. The first-order valence-corrected chi connectivity index (χ1v) is 12.4. The summed E-state index contributed by atoms with van der Waals surface area (Å²) in [6.07, 6.45) is 0.